The number of nitrogens with zero attached hydrogens (tertiary/aromatic N) is 3. The van der Waals surface area contributed by atoms with Crippen LogP contribution in [0.15, 0.2) is 48.4 Å². The molecule has 1 aliphatic heterocycles. The molecule has 0 spiro atoms. The fraction of sp³-hybridized carbons (Fsp3) is 0.208. The first-order valence-corrected chi connectivity index (χ1v) is 10.3. The molecule has 2 N–H and O–H groups in total. The van der Waals surface area contributed by atoms with Gasteiger partial charge in [-0.25, -0.2) is 9.24 Å². The van der Waals surface area contributed by atoms with E-state index in [2.05, 4.69) is 20.1 Å². The molecule has 0 radical (unpaired) electrons. The van der Waals surface area contributed by atoms with E-state index in [0.717, 1.165) is 17.2 Å². The number of ketones is 1. The first-order valence-electron chi connectivity index (χ1n) is 10.3. The molecule has 0 unspecified atom stereocenters. The Bertz CT molecular complexity index is 1330. The third-order valence-electron chi connectivity index (χ3n) is 5.59. The zero-order valence-electron chi connectivity index (χ0n) is 17.8. The van der Waals surface area contributed by atoms with Crippen molar-refractivity contribution in [1.82, 2.24) is 14.9 Å². The van der Waals surface area contributed by atoms with Crippen molar-refractivity contribution in [2.75, 3.05) is 18.4 Å². The fourth-order valence-electron chi connectivity index (χ4n) is 4.01. The zero-order valence-corrected chi connectivity index (χ0v) is 17.8. The maximum Gasteiger partial charge on any atom is 0.295 e. The Balaban J connectivity index is 1.55. The molecule has 1 saturated heterocycles. The van der Waals surface area contributed by atoms with Gasteiger partial charge in [-0.05, 0) is 42.7 Å². The maximum atomic E-state index is 14.6. The van der Waals surface area contributed by atoms with E-state index in [0.29, 0.717) is 24.2 Å². The van der Waals surface area contributed by atoms with E-state index < -0.39 is 17.5 Å². The number of carbonyl (C=O) groups excluding carboxylic acids is 3. The van der Waals surface area contributed by atoms with Crippen molar-refractivity contribution in [3.63, 3.8) is 0 Å². The highest BCUT2D eigenvalue weighted by Crippen LogP contribution is 2.30. The van der Waals surface area contributed by atoms with Gasteiger partial charge in [0.05, 0.1) is 23.3 Å². The summed E-state index contributed by atoms with van der Waals surface area (Å²) in [6, 6.07) is 6.07. The maximum absolute atomic E-state index is 14.6. The van der Waals surface area contributed by atoms with E-state index in [4.69, 9.17) is 6.57 Å². The monoisotopic (exact) mass is 445 g/mol. The number of Topliss-reactive ketones (excluding diaryl/α,β-unsaturated/α-hetero) is 1. The van der Waals surface area contributed by atoms with Gasteiger partial charge in [0.1, 0.15) is 5.82 Å². The normalized spacial score (nSPS) is 13.5. The molecule has 2 amide bonds. The van der Waals surface area contributed by atoms with Gasteiger partial charge in [-0.15, -0.1) is 0 Å². The Morgan fingerprint density at radius 3 is 2.48 bits per heavy atom. The largest absolute Gasteiger partial charge is 0.359 e. The molecule has 0 aliphatic carbocycles. The summed E-state index contributed by atoms with van der Waals surface area (Å²) < 4.78 is 14.6. The SMILES string of the molecule is [C-]#[N+]C(=C1CCN(C(=O)C(=O)c2c[nH]c3c(NC(C)=O)ccc(F)c23)CC1)c1ccncc1. The zero-order chi connectivity index (χ0) is 23.5. The molecule has 3 heterocycles. The van der Waals surface area contributed by atoms with Crippen molar-refractivity contribution in [3.8, 4) is 0 Å². The average molecular weight is 445 g/mol. The van der Waals surface area contributed by atoms with Gasteiger partial charge in [0, 0.05) is 44.0 Å². The smallest absolute Gasteiger partial charge is 0.295 e. The van der Waals surface area contributed by atoms with Gasteiger partial charge in [0.15, 0.2) is 5.70 Å². The van der Waals surface area contributed by atoms with Crippen molar-refractivity contribution in [2.45, 2.75) is 19.8 Å². The van der Waals surface area contributed by atoms with Crippen LogP contribution in [-0.2, 0) is 9.59 Å². The van der Waals surface area contributed by atoms with Crippen molar-refractivity contribution in [2.24, 2.45) is 0 Å². The summed E-state index contributed by atoms with van der Waals surface area (Å²) in [7, 11) is 0. The number of rotatable bonds is 4. The molecule has 3 aromatic rings. The molecule has 8 nitrogen and oxygen atoms in total. The van der Waals surface area contributed by atoms with Crippen LogP contribution in [0.5, 0.6) is 0 Å². The third-order valence-corrected chi connectivity index (χ3v) is 5.59. The number of benzene rings is 1. The number of aromatic nitrogens is 2. The second-order valence-corrected chi connectivity index (χ2v) is 7.65. The number of anilines is 1. The molecule has 1 aromatic carbocycles. The number of amides is 2. The van der Waals surface area contributed by atoms with Gasteiger partial charge in [-0.2, -0.15) is 0 Å². The topological polar surface area (TPSA) is 99.5 Å². The lowest BCUT2D eigenvalue weighted by atomic mass is 9.97. The van der Waals surface area contributed by atoms with Crippen molar-refractivity contribution in [3.05, 3.63) is 76.8 Å². The quantitative estimate of drug-likeness (QED) is 0.363. The van der Waals surface area contributed by atoms with Crippen LogP contribution in [0.25, 0.3) is 21.4 Å². The van der Waals surface area contributed by atoms with Crippen LogP contribution in [0.3, 0.4) is 0 Å². The molecule has 4 rings (SSSR count). The van der Waals surface area contributed by atoms with Crippen LogP contribution in [0.2, 0.25) is 0 Å². The predicted molar refractivity (Wildman–Crippen MR) is 120 cm³/mol. The number of nitrogens with one attached hydrogen (secondary N) is 2. The van der Waals surface area contributed by atoms with Crippen LogP contribution < -0.4 is 5.32 Å². The van der Waals surface area contributed by atoms with E-state index >= 15 is 0 Å². The van der Waals surface area contributed by atoms with Crippen LogP contribution in [0.4, 0.5) is 10.1 Å². The molecular formula is C24H20FN5O3. The number of pyridine rings is 1. The van der Waals surface area contributed by atoms with E-state index in [-0.39, 0.29) is 35.5 Å². The van der Waals surface area contributed by atoms with Gasteiger partial charge < -0.3 is 15.2 Å². The van der Waals surface area contributed by atoms with Gasteiger partial charge in [-0.3, -0.25) is 19.4 Å². The lowest BCUT2D eigenvalue weighted by molar-refractivity contribution is -0.126. The first kappa shape index (κ1) is 21.9. The number of hydrogen-bond donors (Lipinski definition) is 2. The number of carbonyl (C=O) groups is 3. The summed E-state index contributed by atoms with van der Waals surface area (Å²) in [6.07, 6.45) is 5.46. The number of likely N-dealkylation sites (tertiary alicyclic amines) is 1. The summed E-state index contributed by atoms with van der Waals surface area (Å²) >= 11 is 0. The minimum Gasteiger partial charge on any atom is -0.359 e. The highest BCUT2D eigenvalue weighted by molar-refractivity contribution is 6.45. The first-order chi connectivity index (χ1) is 15.9. The second kappa shape index (κ2) is 9.04. The molecule has 1 fully saturated rings. The van der Waals surface area contributed by atoms with Crippen LogP contribution in [0, 0.1) is 12.4 Å². The van der Waals surface area contributed by atoms with E-state index in [1.807, 2.05) is 0 Å². The molecule has 2 aromatic heterocycles. The second-order valence-electron chi connectivity index (χ2n) is 7.65. The summed E-state index contributed by atoms with van der Waals surface area (Å²) in [4.78, 5) is 49.1. The molecule has 9 heteroatoms. The molecule has 0 atom stereocenters. The predicted octanol–water partition coefficient (Wildman–Crippen LogP) is 3.80. The minimum absolute atomic E-state index is 0.0369. The molecule has 1 aliphatic rings. The summed E-state index contributed by atoms with van der Waals surface area (Å²) in [5, 5.41) is 2.54. The van der Waals surface area contributed by atoms with Crippen molar-refractivity contribution >= 4 is 39.9 Å². The summed E-state index contributed by atoms with van der Waals surface area (Å²) in [6.45, 7) is 9.42. The Kier molecular flexibility index (Phi) is 6.00. The van der Waals surface area contributed by atoms with Crippen molar-refractivity contribution in [1.29, 1.82) is 0 Å². The Hall–Kier alpha value is -4.32. The van der Waals surface area contributed by atoms with E-state index in [1.165, 1.54) is 24.1 Å². The molecular weight excluding hydrogens is 425 g/mol. The van der Waals surface area contributed by atoms with Crippen LogP contribution >= 0.6 is 0 Å². The Labute approximate surface area is 188 Å². The van der Waals surface area contributed by atoms with E-state index in [1.54, 1.807) is 24.5 Å². The molecule has 166 valence electrons. The van der Waals surface area contributed by atoms with Crippen LogP contribution in [0.1, 0.15) is 35.7 Å². The average Bonchev–Trinajstić information content (AvgIpc) is 3.28. The lowest BCUT2D eigenvalue weighted by Gasteiger charge is -2.28. The van der Waals surface area contributed by atoms with E-state index in [9.17, 15) is 18.8 Å². The standard InChI is InChI=1S/C24H20FN5O3/c1-14(31)29-19-4-3-18(25)20-17(13-28-22(19)20)23(32)24(33)30-11-7-16(8-12-30)21(26-2)15-5-9-27-10-6-15/h3-6,9-10,13,28H,7-8,11-12H2,1H3,(H,29,31). The summed E-state index contributed by atoms with van der Waals surface area (Å²) in [5.41, 5.74) is 2.71. The third kappa shape index (κ3) is 4.23. The Morgan fingerprint density at radius 1 is 1.15 bits per heavy atom. The summed E-state index contributed by atoms with van der Waals surface area (Å²) in [5.74, 6) is -2.57. The number of aromatic amines is 1. The number of fused-ring (bicyclic) bond motifs is 1. The Morgan fingerprint density at radius 2 is 1.85 bits per heavy atom. The van der Waals surface area contributed by atoms with Gasteiger partial charge in [0.2, 0.25) is 5.91 Å². The highest BCUT2D eigenvalue weighted by Gasteiger charge is 2.29. The van der Waals surface area contributed by atoms with Gasteiger partial charge in [-0.1, -0.05) is 5.57 Å². The lowest BCUT2D eigenvalue weighted by Crippen LogP contribution is -2.40. The van der Waals surface area contributed by atoms with Gasteiger partial charge in [0.25, 0.3) is 11.7 Å². The van der Waals surface area contributed by atoms with Crippen molar-refractivity contribution < 1.29 is 18.8 Å². The number of H-pyrrole nitrogens is 1. The number of piperidine rings is 1. The molecule has 0 saturated carbocycles. The number of hydrogen-bond acceptors (Lipinski definition) is 4. The highest BCUT2D eigenvalue weighted by atomic mass is 19.1. The number of halogens is 1. The van der Waals surface area contributed by atoms with Gasteiger partial charge >= 0.3 is 0 Å². The molecule has 33 heavy (non-hydrogen) atoms. The minimum atomic E-state index is -0.827. The molecule has 0 bridgehead atoms. The van der Waals surface area contributed by atoms with Crippen LogP contribution in [-0.4, -0.2) is 45.6 Å². The fourth-order valence-corrected chi connectivity index (χ4v) is 4.01.